The van der Waals surface area contributed by atoms with Gasteiger partial charge in [0.25, 0.3) is 11.5 Å². The molecule has 0 aliphatic heterocycles. The lowest BCUT2D eigenvalue weighted by atomic mass is 10.2. The molecule has 0 unspecified atom stereocenters. The number of aromatic nitrogens is 7. The molecule has 0 spiro atoms. The summed E-state index contributed by atoms with van der Waals surface area (Å²) in [6.45, 7) is 1.54. The minimum atomic E-state index is -0.844. The fourth-order valence-electron chi connectivity index (χ4n) is 3.30. The molecule has 35 heavy (non-hydrogen) atoms. The van der Waals surface area contributed by atoms with Crippen molar-refractivity contribution in [2.24, 2.45) is 7.05 Å². The van der Waals surface area contributed by atoms with Gasteiger partial charge < -0.3 is 10.2 Å². The number of hydrogen-bond acceptors (Lipinski definition) is 7. The highest BCUT2D eigenvalue weighted by Gasteiger charge is 2.23. The SMILES string of the molecule is C[C@H](NC(=O)c1cc(-n2cc(-c3ccc(Cl)cc3)nn2)nn(-c2cnn(C)c2)c1=O)C(=O)N(C)C. The molecular weight excluding hydrogens is 474 g/mol. The number of carbonyl (C=O) groups is 2. The molecule has 2 amide bonds. The summed E-state index contributed by atoms with van der Waals surface area (Å²) in [7, 11) is 4.85. The van der Waals surface area contributed by atoms with Crippen molar-refractivity contribution in [3.63, 3.8) is 0 Å². The summed E-state index contributed by atoms with van der Waals surface area (Å²) in [5.74, 6) is -0.876. The van der Waals surface area contributed by atoms with E-state index in [0.717, 1.165) is 10.2 Å². The fraction of sp³-hybridized carbons (Fsp3) is 0.227. The number of amides is 2. The zero-order valence-electron chi connectivity index (χ0n) is 19.4. The predicted octanol–water partition coefficient (Wildman–Crippen LogP) is 1.07. The third-order valence-corrected chi connectivity index (χ3v) is 5.36. The van der Waals surface area contributed by atoms with Crippen molar-refractivity contribution < 1.29 is 9.59 Å². The maximum Gasteiger partial charge on any atom is 0.284 e. The van der Waals surface area contributed by atoms with E-state index in [1.807, 2.05) is 0 Å². The Hall–Kier alpha value is -4.32. The summed E-state index contributed by atoms with van der Waals surface area (Å²) in [5, 5.41) is 19.9. The Balaban J connectivity index is 1.78. The van der Waals surface area contributed by atoms with E-state index in [1.54, 1.807) is 57.8 Å². The second-order valence-corrected chi connectivity index (χ2v) is 8.42. The first-order chi connectivity index (χ1) is 16.6. The molecule has 12 nitrogen and oxygen atoms in total. The van der Waals surface area contributed by atoms with Crippen LogP contribution in [0.5, 0.6) is 0 Å². The van der Waals surface area contributed by atoms with Crippen molar-refractivity contribution in [2.45, 2.75) is 13.0 Å². The quantitative estimate of drug-likeness (QED) is 0.423. The van der Waals surface area contributed by atoms with Crippen molar-refractivity contribution in [3.8, 4) is 22.8 Å². The van der Waals surface area contributed by atoms with E-state index in [-0.39, 0.29) is 17.3 Å². The van der Waals surface area contributed by atoms with Crippen LogP contribution in [0.25, 0.3) is 22.8 Å². The van der Waals surface area contributed by atoms with Gasteiger partial charge in [-0.05, 0) is 19.1 Å². The maximum absolute atomic E-state index is 13.2. The van der Waals surface area contributed by atoms with Gasteiger partial charge in [0.05, 0.1) is 18.6 Å². The van der Waals surface area contributed by atoms with Crippen LogP contribution in [0.15, 0.2) is 53.7 Å². The summed E-state index contributed by atoms with van der Waals surface area (Å²) >= 11 is 5.96. The van der Waals surface area contributed by atoms with Crippen LogP contribution in [-0.4, -0.2) is 71.4 Å². The second kappa shape index (κ2) is 9.50. The number of hydrogen-bond donors (Lipinski definition) is 1. The highest BCUT2D eigenvalue weighted by atomic mass is 35.5. The molecule has 0 aliphatic rings. The Kier molecular flexibility index (Phi) is 6.47. The molecule has 0 radical (unpaired) electrons. The summed E-state index contributed by atoms with van der Waals surface area (Å²) in [4.78, 5) is 39.8. The number of nitrogens with one attached hydrogen (secondary N) is 1. The van der Waals surface area contributed by atoms with Crippen molar-refractivity contribution in [1.82, 2.24) is 44.8 Å². The fourth-order valence-corrected chi connectivity index (χ4v) is 3.43. The van der Waals surface area contributed by atoms with Crippen molar-refractivity contribution >= 4 is 23.4 Å². The monoisotopic (exact) mass is 495 g/mol. The molecular formula is C22H22ClN9O3. The molecule has 180 valence electrons. The number of benzene rings is 1. The van der Waals surface area contributed by atoms with E-state index >= 15 is 0 Å². The van der Waals surface area contributed by atoms with Gasteiger partial charge in [-0.25, -0.2) is 0 Å². The zero-order valence-corrected chi connectivity index (χ0v) is 20.1. The van der Waals surface area contributed by atoms with Crippen LogP contribution in [0, 0.1) is 0 Å². The first-order valence-corrected chi connectivity index (χ1v) is 10.9. The molecule has 4 aromatic rings. The number of carbonyl (C=O) groups excluding carboxylic acids is 2. The molecule has 0 bridgehead atoms. The normalized spacial score (nSPS) is 11.8. The summed E-state index contributed by atoms with van der Waals surface area (Å²) in [5.41, 5.74) is 0.764. The molecule has 3 heterocycles. The van der Waals surface area contributed by atoms with Gasteiger partial charge >= 0.3 is 0 Å². The Labute approximate surface area is 204 Å². The van der Waals surface area contributed by atoms with Crippen molar-refractivity contribution in [3.05, 3.63) is 69.9 Å². The van der Waals surface area contributed by atoms with Crippen LogP contribution < -0.4 is 10.9 Å². The summed E-state index contributed by atoms with van der Waals surface area (Å²) in [6.07, 6.45) is 4.64. The van der Waals surface area contributed by atoms with Crippen LogP contribution in [0.2, 0.25) is 5.02 Å². The molecule has 3 aromatic heterocycles. The van der Waals surface area contributed by atoms with Gasteiger partial charge in [-0.2, -0.15) is 14.5 Å². The Morgan fingerprint density at radius 1 is 1.14 bits per heavy atom. The average molecular weight is 496 g/mol. The first-order valence-electron chi connectivity index (χ1n) is 10.5. The number of halogens is 1. The highest BCUT2D eigenvalue weighted by Crippen LogP contribution is 2.20. The lowest BCUT2D eigenvalue weighted by Gasteiger charge is -2.18. The summed E-state index contributed by atoms with van der Waals surface area (Å²) < 4.78 is 3.91. The molecule has 1 aromatic carbocycles. The highest BCUT2D eigenvalue weighted by molar-refractivity contribution is 6.30. The second-order valence-electron chi connectivity index (χ2n) is 7.99. The topological polar surface area (TPSA) is 133 Å². The van der Waals surface area contributed by atoms with Gasteiger partial charge in [-0.15, -0.1) is 10.2 Å². The third kappa shape index (κ3) is 4.96. The van der Waals surface area contributed by atoms with Gasteiger partial charge in [0.1, 0.15) is 23.0 Å². The van der Waals surface area contributed by atoms with Gasteiger partial charge in [-0.1, -0.05) is 28.9 Å². The van der Waals surface area contributed by atoms with Crippen LogP contribution in [0.1, 0.15) is 17.3 Å². The van der Waals surface area contributed by atoms with E-state index < -0.39 is 17.5 Å². The first kappa shape index (κ1) is 23.8. The smallest absolute Gasteiger partial charge is 0.284 e. The lowest BCUT2D eigenvalue weighted by Crippen LogP contribution is -2.46. The van der Waals surface area contributed by atoms with Crippen molar-refractivity contribution in [1.29, 1.82) is 0 Å². The van der Waals surface area contributed by atoms with E-state index in [9.17, 15) is 14.4 Å². The average Bonchev–Trinajstić information content (AvgIpc) is 3.48. The molecule has 0 aliphatic carbocycles. The molecule has 4 rings (SSSR count). The van der Waals surface area contributed by atoms with E-state index in [0.29, 0.717) is 16.4 Å². The largest absolute Gasteiger partial charge is 0.347 e. The van der Waals surface area contributed by atoms with E-state index in [1.165, 1.54) is 33.5 Å². The standard InChI is InChI=1S/C22H22ClN9O3/c1-13(21(34)29(2)3)25-20(33)17-9-19(27-32(22(17)35)16-10-24-30(4)11-16)31-12-18(26-28-31)14-5-7-15(23)8-6-14/h5-13H,1-4H3,(H,25,33)/t13-/m0/s1. The molecule has 0 saturated carbocycles. The molecule has 1 atom stereocenters. The Morgan fingerprint density at radius 3 is 2.49 bits per heavy atom. The number of aryl methyl sites for hydroxylation is 1. The van der Waals surface area contributed by atoms with E-state index in [2.05, 4.69) is 25.8 Å². The van der Waals surface area contributed by atoms with Gasteiger partial charge in [0.15, 0.2) is 5.82 Å². The Bertz CT molecular complexity index is 1450. The van der Waals surface area contributed by atoms with Crippen molar-refractivity contribution in [2.75, 3.05) is 14.1 Å². The summed E-state index contributed by atoms with van der Waals surface area (Å²) in [6, 6.07) is 7.51. The number of nitrogens with zero attached hydrogens (tertiary/aromatic N) is 8. The zero-order chi connectivity index (χ0) is 25.3. The minimum Gasteiger partial charge on any atom is -0.347 e. The predicted molar refractivity (Wildman–Crippen MR) is 128 cm³/mol. The Morgan fingerprint density at radius 2 is 1.86 bits per heavy atom. The van der Waals surface area contributed by atoms with Gasteiger partial charge in [-0.3, -0.25) is 19.1 Å². The number of rotatable bonds is 6. The lowest BCUT2D eigenvalue weighted by molar-refractivity contribution is -0.130. The molecule has 13 heteroatoms. The molecule has 1 N–H and O–H groups in total. The minimum absolute atomic E-state index is 0.165. The van der Waals surface area contributed by atoms with Crippen LogP contribution in [0.4, 0.5) is 0 Å². The van der Waals surface area contributed by atoms with Crippen LogP contribution in [-0.2, 0) is 11.8 Å². The molecule has 0 fully saturated rings. The van der Waals surface area contributed by atoms with Crippen LogP contribution in [0.3, 0.4) is 0 Å². The maximum atomic E-state index is 13.2. The number of likely N-dealkylation sites (N-methyl/N-ethyl adjacent to an activating group) is 1. The van der Waals surface area contributed by atoms with Gasteiger partial charge in [0, 0.05) is 37.8 Å². The van der Waals surface area contributed by atoms with Gasteiger partial charge in [0.2, 0.25) is 5.91 Å². The van der Waals surface area contributed by atoms with Crippen LogP contribution >= 0.6 is 11.6 Å². The molecule has 0 saturated heterocycles. The third-order valence-electron chi connectivity index (χ3n) is 5.11. The van der Waals surface area contributed by atoms with E-state index in [4.69, 9.17) is 11.6 Å².